The summed E-state index contributed by atoms with van der Waals surface area (Å²) in [5.74, 6) is 1.87. The Labute approximate surface area is 328 Å². The molecule has 0 radical (unpaired) electrons. The zero-order chi connectivity index (χ0) is 38.2. The molecule has 7 rings (SSSR count). The summed E-state index contributed by atoms with van der Waals surface area (Å²) < 4.78 is 23.0. The normalized spacial score (nSPS) is 19.7. The highest BCUT2D eigenvalue weighted by Gasteiger charge is 2.35. The largest absolute Gasteiger partial charge is 0.494 e. The third-order valence-corrected chi connectivity index (χ3v) is 12.0. The third kappa shape index (κ3) is 11.6. The van der Waals surface area contributed by atoms with Crippen LogP contribution in [0.4, 0.5) is 11.4 Å². The van der Waals surface area contributed by atoms with E-state index in [1.165, 1.54) is 75.6 Å². The van der Waals surface area contributed by atoms with Crippen LogP contribution in [0.25, 0.3) is 0 Å². The molecule has 0 aromatic heterocycles. The minimum absolute atomic E-state index is 0.0620. The number of ether oxygens (including phenoxy) is 4. The van der Waals surface area contributed by atoms with Gasteiger partial charge in [-0.05, 0) is 139 Å². The second kappa shape index (κ2) is 21.0. The minimum Gasteiger partial charge on any atom is -0.494 e. The molecule has 0 aliphatic carbocycles. The third-order valence-electron chi connectivity index (χ3n) is 12.0. The monoisotopic (exact) mass is 757 g/mol. The summed E-state index contributed by atoms with van der Waals surface area (Å²) >= 11 is 0. The SMILES string of the molecule is CNC1(c2ccc(OCCCN3CCCC3)cc2)CCOCC1.O=[N+]([O-])c1ccccc1NCC1(c2ccc(OCCCN3CCCC3)cc2)CCOCC1. The number of nitro groups is 1. The van der Waals surface area contributed by atoms with Gasteiger partial charge in [0.05, 0.1) is 18.1 Å². The zero-order valence-electron chi connectivity index (χ0n) is 33.0. The molecule has 3 aromatic rings. The van der Waals surface area contributed by atoms with E-state index in [0.29, 0.717) is 25.4 Å². The quantitative estimate of drug-likeness (QED) is 0.0822. The van der Waals surface area contributed by atoms with Gasteiger partial charge in [0, 0.05) is 63.1 Å². The second-order valence-electron chi connectivity index (χ2n) is 15.5. The Kier molecular flexibility index (Phi) is 15.6. The molecule has 55 heavy (non-hydrogen) atoms. The van der Waals surface area contributed by atoms with Crippen LogP contribution in [-0.2, 0) is 20.4 Å². The van der Waals surface area contributed by atoms with Gasteiger partial charge in [0.1, 0.15) is 17.2 Å². The van der Waals surface area contributed by atoms with Gasteiger partial charge in [-0.25, -0.2) is 0 Å². The van der Waals surface area contributed by atoms with E-state index in [1.807, 2.05) is 25.2 Å². The topological polar surface area (TPSA) is 111 Å². The van der Waals surface area contributed by atoms with Gasteiger partial charge in [-0.15, -0.1) is 0 Å². The molecule has 300 valence electrons. The molecule has 4 heterocycles. The van der Waals surface area contributed by atoms with Gasteiger partial charge < -0.3 is 39.4 Å². The van der Waals surface area contributed by atoms with Gasteiger partial charge in [0.15, 0.2) is 0 Å². The van der Waals surface area contributed by atoms with Gasteiger partial charge in [-0.1, -0.05) is 36.4 Å². The number of nitro benzene ring substituents is 1. The molecular formula is C44H63N5O6. The van der Waals surface area contributed by atoms with E-state index in [0.717, 1.165) is 83.0 Å². The van der Waals surface area contributed by atoms with Crippen molar-refractivity contribution in [1.82, 2.24) is 15.1 Å². The van der Waals surface area contributed by atoms with Crippen LogP contribution >= 0.6 is 0 Å². The van der Waals surface area contributed by atoms with Crippen LogP contribution in [0, 0.1) is 10.1 Å². The first kappa shape index (κ1) is 40.9. The smallest absolute Gasteiger partial charge is 0.292 e. The number of nitrogens with zero attached hydrogens (tertiary/aromatic N) is 3. The Morgan fingerprint density at radius 3 is 1.69 bits per heavy atom. The predicted octanol–water partition coefficient (Wildman–Crippen LogP) is 7.40. The van der Waals surface area contributed by atoms with Crippen molar-refractivity contribution in [2.45, 2.75) is 75.2 Å². The van der Waals surface area contributed by atoms with Gasteiger partial charge in [-0.2, -0.15) is 0 Å². The molecule has 4 fully saturated rings. The van der Waals surface area contributed by atoms with E-state index in [9.17, 15) is 10.1 Å². The molecule has 0 bridgehead atoms. The number of benzene rings is 3. The van der Waals surface area contributed by atoms with Crippen LogP contribution in [0.5, 0.6) is 11.5 Å². The molecule has 0 spiro atoms. The fraction of sp³-hybridized carbons (Fsp3) is 0.591. The molecular weight excluding hydrogens is 695 g/mol. The maximum atomic E-state index is 11.4. The van der Waals surface area contributed by atoms with E-state index >= 15 is 0 Å². The Morgan fingerprint density at radius 1 is 0.691 bits per heavy atom. The van der Waals surface area contributed by atoms with Crippen LogP contribution in [-0.4, -0.2) is 107 Å². The van der Waals surface area contributed by atoms with Crippen molar-refractivity contribution in [2.75, 3.05) is 97.8 Å². The van der Waals surface area contributed by atoms with Crippen molar-refractivity contribution in [3.8, 4) is 11.5 Å². The number of rotatable bonds is 17. The Bertz CT molecular complexity index is 1560. The summed E-state index contributed by atoms with van der Waals surface area (Å²) in [7, 11) is 2.05. The van der Waals surface area contributed by atoms with E-state index in [4.69, 9.17) is 18.9 Å². The molecule has 2 N–H and O–H groups in total. The van der Waals surface area contributed by atoms with Gasteiger partial charge >= 0.3 is 0 Å². The van der Waals surface area contributed by atoms with Gasteiger partial charge in [0.2, 0.25) is 0 Å². The number of nitrogens with one attached hydrogen (secondary N) is 2. The van der Waals surface area contributed by atoms with Crippen molar-refractivity contribution in [3.63, 3.8) is 0 Å². The van der Waals surface area contributed by atoms with Crippen LogP contribution in [0.15, 0.2) is 72.8 Å². The molecule has 0 amide bonds. The minimum atomic E-state index is -0.338. The maximum Gasteiger partial charge on any atom is 0.292 e. The first-order valence-electron chi connectivity index (χ1n) is 20.7. The van der Waals surface area contributed by atoms with Crippen molar-refractivity contribution in [3.05, 3.63) is 94.0 Å². The van der Waals surface area contributed by atoms with E-state index in [-0.39, 0.29) is 21.6 Å². The number of anilines is 1. The summed E-state index contributed by atoms with van der Waals surface area (Å²) in [6.45, 7) is 12.5. The standard InChI is InChI=1S/C25H33N3O4.C19H30N2O2/c29-28(30)24-7-2-1-6-23(24)26-20-25(12-18-31-19-13-25)21-8-10-22(11-9-21)32-17-5-16-27-14-3-4-15-27;1-20-19(9-15-22-16-10-19)17-5-7-18(8-6-17)23-14-4-13-21-11-2-3-12-21/h1-2,6-11,26H,3-5,12-20H2;5-8,20H,2-4,9-16H2,1H3. The second-order valence-corrected chi connectivity index (χ2v) is 15.5. The Hall–Kier alpha value is -3.74. The van der Waals surface area contributed by atoms with Crippen LogP contribution in [0.3, 0.4) is 0 Å². The van der Waals surface area contributed by atoms with Crippen molar-refractivity contribution in [2.24, 2.45) is 0 Å². The van der Waals surface area contributed by atoms with Crippen molar-refractivity contribution >= 4 is 11.4 Å². The maximum absolute atomic E-state index is 11.4. The molecule has 4 aliphatic rings. The zero-order valence-corrected chi connectivity index (χ0v) is 33.0. The molecule has 0 unspecified atom stereocenters. The highest BCUT2D eigenvalue weighted by Crippen LogP contribution is 2.37. The van der Waals surface area contributed by atoms with E-state index < -0.39 is 0 Å². The molecule has 0 saturated carbocycles. The summed E-state index contributed by atoms with van der Waals surface area (Å²) in [5, 5.41) is 18.2. The lowest BCUT2D eigenvalue weighted by Crippen LogP contribution is -2.44. The van der Waals surface area contributed by atoms with Gasteiger partial charge in [-0.3, -0.25) is 10.1 Å². The lowest BCUT2D eigenvalue weighted by atomic mass is 9.74. The molecule has 11 nitrogen and oxygen atoms in total. The number of para-hydroxylation sites is 2. The van der Waals surface area contributed by atoms with Crippen LogP contribution in [0.1, 0.15) is 75.3 Å². The molecule has 0 atom stereocenters. The number of hydrogen-bond acceptors (Lipinski definition) is 10. The first-order chi connectivity index (χ1) is 27.0. The predicted molar refractivity (Wildman–Crippen MR) is 219 cm³/mol. The summed E-state index contributed by atoms with van der Waals surface area (Å²) in [4.78, 5) is 16.1. The summed E-state index contributed by atoms with van der Waals surface area (Å²) in [6, 6.07) is 23.8. The van der Waals surface area contributed by atoms with E-state index in [1.54, 1.807) is 12.1 Å². The average Bonchev–Trinajstić information content (AvgIpc) is 3.97. The summed E-state index contributed by atoms with van der Waals surface area (Å²) in [5.41, 5.74) is 3.15. The lowest BCUT2D eigenvalue weighted by molar-refractivity contribution is -0.384. The van der Waals surface area contributed by atoms with Crippen molar-refractivity contribution in [1.29, 1.82) is 0 Å². The van der Waals surface area contributed by atoms with Gasteiger partial charge in [0.25, 0.3) is 5.69 Å². The molecule has 3 aromatic carbocycles. The highest BCUT2D eigenvalue weighted by atomic mass is 16.6. The van der Waals surface area contributed by atoms with E-state index in [2.05, 4.69) is 56.8 Å². The molecule has 4 saturated heterocycles. The average molecular weight is 758 g/mol. The first-order valence-corrected chi connectivity index (χ1v) is 20.7. The molecule has 11 heteroatoms. The Balaban J connectivity index is 0.000000197. The van der Waals surface area contributed by atoms with Crippen LogP contribution in [0.2, 0.25) is 0 Å². The summed E-state index contributed by atoms with van der Waals surface area (Å²) in [6.07, 6.45) is 11.3. The highest BCUT2D eigenvalue weighted by molar-refractivity contribution is 5.61. The number of hydrogen-bond donors (Lipinski definition) is 2. The van der Waals surface area contributed by atoms with Crippen LogP contribution < -0.4 is 20.1 Å². The Morgan fingerprint density at radius 2 is 1.18 bits per heavy atom. The fourth-order valence-electron chi connectivity index (χ4n) is 8.52. The van der Waals surface area contributed by atoms with Crippen molar-refractivity contribution < 1.29 is 23.9 Å². The molecule has 4 aliphatic heterocycles. The number of likely N-dealkylation sites (tertiary alicyclic amines) is 2. The lowest BCUT2D eigenvalue weighted by Gasteiger charge is -2.38. The fourth-order valence-corrected chi connectivity index (χ4v) is 8.52.